The van der Waals surface area contributed by atoms with E-state index >= 15 is 0 Å². The minimum absolute atomic E-state index is 0.398. The lowest BCUT2D eigenvalue weighted by molar-refractivity contribution is -0.102. The quantitative estimate of drug-likeness (QED) is 0.643. The number of rotatable bonds is 4. The predicted octanol–water partition coefficient (Wildman–Crippen LogP) is 3.10. The Morgan fingerprint density at radius 3 is 2.96 bits per heavy atom. The standard InChI is InChI=1S/C17H17N5O/c1-11(9-23)21-16-12(2)19-10-20-17(16)22-7-6-13-8-14(18-3)4-5-15(13)22/h4-5,8-10H,3,6-7H2,1-2H3/b21-11+. The molecule has 0 saturated heterocycles. The minimum atomic E-state index is 0.398. The first-order valence-corrected chi connectivity index (χ1v) is 7.33. The highest BCUT2D eigenvalue weighted by Crippen LogP contribution is 2.40. The summed E-state index contributed by atoms with van der Waals surface area (Å²) in [6.45, 7) is 7.90. The second kappa shape index (κ2) is 6.08. The van der Waals surface area contributed by atoms with Crippen LogP contribution in [0.2, 0.25) is 0 Å². The lowest BCUT2D eigenvalue weighted by Crippen LogP contribution is -2.15. The summed E-state index contributed by atoms with van der Waals surface area (Å²) in [5.41, 5.74) is 4.92. The summed E-state index contributed by atoms with van der Waals surface area (Å²) in [7, 11) is 0. The number of aryl methyl sites for hydroxylation is 1. The van der Waals surface area contributed by atoms with E-state index in [1.165, 1.54) is 11.9 Å². The Balaban J connectivity index is 2.10. The van der Waals surface area contributed by atoms with E-state index in [0.717, 1.165) is 42.1 Å². The van der Waals surface area contributed by atoms with Crippen LogP contribution in [-0.2, 0) is 11.2 Å². The number of nitrogens with zero attached hydrogens (tertiary/aromatic N) is 5. The molecule has 0 N–H and O–H groups in total. The Labute approximate surface area is 134 Å². The molecule has 6 heteroatoms. The Bertz CT molecular complexity index is 813. The molecule has 0 aliphatic carbocycles. The number of carbonyl (C=O) groups is 1. The monoisotopic (exact) mass is 307 g/mol. The van der Waals surface area contributed by atoms with Gasteiger partial charge in [-0.1, -0.05) is 0 Å². The van der Waals surface area contributed by atoms with Crippen LogP contribution in [-0.4, -0.2) is 35.2 Å². The molecule has 0 spiro atoms. The summed E-state index contributed by atoms with van der Waals surface area (Å²) in [6, 6.07) is 5.98. The molecule has 0 saturated carbocycles. The lowest BCUT2D eigenvalue weighted by Gasteiger charge is -2.20. The third-order valence-corrected chi connectivity index (χ3v) is 3.84. The van der Waals surface area contributed by atoms with Gasteiger partial charge in [0.05, 0.1) is 17.1 Å². The number of aldehydes is 1. The SMILES string of the molecule is C=Nc1ccc2c(c1)CCN2c1ncnc(C)c1/N=C(\C)C=O. The smallest absolute Gasteiger partial charge is 0.163 e. The maximum absolute atomic E-state index is 10.9. The second-order valence-corrected chi connectivity index (χ2v) is 5.38. The lowest BCUT2D eigenvalue weighted by atomic mass is 10.1. The van der Waals surface area contributed by atoms with Crippen molar-refractivity contribution in [1.82, 2.24) is 9.97 Å². The van der Waals surface area contributed by atoms with Gasteiger partial charge in [-0.25, -0.2) is 15.0 Å². The van der Waals surface area contributed by atoms with Crippen LogP contribution in [0.25, 0.3) is 0 Å². The largest absolute Gasteiger partial charge is 0.324 e. The molecule has 1 aromatic heterocycles. The van der Waals surface area contributed by atoms with E-state index in [9.17, 15) is 4.79 Å². The predicted molar refractivity (Wildman–Crippen MR) is 92.0 cm³/mol. The van der Waals surface area contributed by atoms with Gasteiger partial charge in [0.2, 0.25) is 0 Å². The number of benzene rings is 1. The molecule has 0 bridgehead atoms. The first kappa shape index (κ1) is 15.0. The third-order valence-electron chi connectivity index (χ3n) is 3.84. The van der Waals surface area contributed by atoms with Gasteiger partial charge >= 0.3 is 0 Å². The normalized spacial score (nSPS) is 13.8. The molecule has 23 heavy (non-hydrogen) atoms. The highest BCUT2D eigenvalue weighted by Gasteiger charge is 2.24. The minimum Gasteiger partial charge on any atom is -0.324 e. The molecular formula is C17H17N5O. The van der Waals surface area contributed by atoms with E-state index < -0.39 is 0 Å². The zero-order valence-corrected chi connectivity index (χ0v) is 13.2. The Morgan fingerprint density at radius 2 is 2.22 bits per heavy atom. The Kier molecular flexibility index (Phi) is 3.97. The summed E-state index contributed by atoms with van der Waals surface area (Å²) in [4.78, 5) is 30.0. The highest BCUT2D eigenvalue weighted by molar-refractivity contribution is 6.27. The van der Waals surface area contributed by atoms with Gasteiger partial charge in [0.15, 0.2) is 12.1 Å². The molecule has 1 aliphatic heterocycles. The molecule has 0 unspecified atom stereocenters. The van der Waals surface area contributed by atoms with Crippen LogP contribution in [0, 0.1) is 6.92 Å². The number of aromatic nitrogens is 2. The molecule has 3 rings (SSSR count). The van der Waals surface area contributed by atoms with Gasteiger partial charge in [-0.15, -0.1) is 0 Å². The van der Waals surface area contributed by atoms with Gasteiger partial charge in [-0.2, -0.15) is 0 Å². The molecule has 2 heterocycles. The number of hydrogen-bond acceptors (Lipinski definition) is 6. The molecule has 0 atom stereocenters. The van der Waals surface area contributed by atoms with Crippen molar-refractivity contribution in [2.45, 2.75) is 20.3 Å². The average Bonchev–Trinajstić information content (AvgIpc) is 2.99. The topological polar surface area (TPSA) is 70.8 Å². The average molecular weight is 307 g/mol. The van der Waals surface area contributed by atoms with Crippen LogP contribution >= 0.6 is 0 Å². The number of anilines is 2. The molecule has 1 aromatic carbocycles. The Hall–Kier alpha value is -2.89. The van der Waals surface area contributed by atoms with Crippen molar-refractivity contribution in [1.29, 1.82) is 0 Å². The van der Waals surface area contributed by atoms with Crippen LogP contribution in [0.5, 0.6) is 0 Å². The number of hydrogen-bond donors (Lipinski definition) is 0. The van der Waals surface area contributed by atoms with Gasteiger partial charge in [0, 0.05) is 12.2 Å². The van der Waals surface area contributed by atoms with Crippen molar-refractivity contribution in [3.8, 4) is 0 Å². The fraction of sp³-hybridized carbons (Fsp3) is 0.235. The van der Waals surface area contributed by atoms with E-state index in [4.69, 9.17) is 0 Å². The maximum atomic E-state index is 10.9. The molecule has 6 nitrogen and oxygen atoms in total. The van der Waals surface area contributed by atoms with Gasteiger partial charge < -0.3 is 4.90 Å². The number of carbonyl (C=O) groups excluding carboxylic acids is 1. The van der Waals surface area contributed by atoms with Crippen molar-refractivity contribution in [3.05, 3.63) is 35.8 Å². The first-order valence-electron chi connectivity index (χ1n) is 7.33. The molecule has 1 aliphatic rings. The van der Waals surface area contributed by atoms with Crippen molar-refractivity contribution in [2.75, 3.05) is 11.4 Å². The van der Waals surface area contributed by atoms with Gasteiger partial charge in [-0.3, -0.25) is 9.79 Å². The van der Waals surface area contributed by atoms with E-state index in [-0.39, 0.29) is 0 Å². The van der Waals surface area contributed by atoms with E-state index in [0.29, 0.717) is 11.4 Å². The number of aliphatic imine (C=N–C) groups is 2. The van der Waals surface area contributed by atoms with Crippen molar-refractivity contribution < 1.29 is 4.79 Å². The van der Waals surface area contributed by atoms with Crippen LogP contribution < -0.4 is 4.90 Å². The summed E-state index contributed by atoms with van der Waals surface area (Å²) in [5, 5.41) is 0. The van der Waals surface area contributed by atoms with Crippen LogP contribution in [0.1, 0.15) is 18.2 Å². The van der Waals surface area contributed by atoms with Gasteiger partial charge in [0.1, 0.15) is 12.0 Å². The summed E-state index contributed by atoms with van der Waals surface area (Å²) in [5.74, 6) is 0.719. The molecule has 2 aromatic rings. The highest BCUT2D eigenvalue weighted by atomic mass is 16.1. The van der Waals surface area contributed by atoms with E-state index in [2.05, 4.69) is 31.6 Å². The van der Waals surface area contributed by atoms with Crippen molar-refractivity contribution >= 4 is 41.6 Å². The third kappa shape index (κ3) is 2.75. The summed E-state index contributed by atoms with van der Waals surface area (Å²) < 4.78 is 0. The molecule has 0 radical (unpaired) electrons. The van der Waals surface area contributed by atoms with E-state index in [1.807, 2.05) is 25.1 Å². The van der Waals surface area contributed by atoms with Gasteiger partial charge in [-0.05, 0) is 50.7 Å². The fourth-order valence-corrected chi connectivity index (χ4v) is 2.69. The molecule has 0 fully saturated rings. The molecule has 0 amide bonds. The zero-order valence-electron chi connectivity index (χ0n) is 13.2. The molecular weight excluding hydrogens is 290 g/mol. The van der Waals surface area contributed by atoms with Crippen LogP contribution in [0.15, 0.2) is 34.5 Å². The number of fused-ring (bicyclic) bond motifs is 1. The zero-order chi connectivity index (χ0) is 16.4. The maximum Gasteiger partial charge on any atom is 0.163 e. The second-order valence-electron chi connectivity index (χ2n) is 5.38. The molecule has 116 valence electrons. The first-order chi connectivity index (χ1) is 11.1. The summed E-state index contributed by atoms with van der Waals surface area (Å²) >= 11 is 0. The van der Waals surface area contributed by atoms with E-state index in [1.54, 1.807) is 6.92 Å². The van der Waals surface area contributed by atoms with Crippen LogP contribution in [0.3, 0.4) is 0 Å². The van der Waals surface area contributed by atoms with Crippen LogP contribution in [0.4, 0.5) is 22.9 Å². The Morgan fingerprint density at radius 1 is 1.39 bits per heavy atom. The van der Waals surface area contributed by atoms with Crippen molar-refractivity contribution in [3.63, 3.8) is 0 Å². The van der Waals surface area contributed by atoms with Gasteiger partial charge in [0.25, 0.3) is 0 Å². The fourth-order valence-electron chi connectivity index (χ4n) is 2.69. The summed E-state index contributed by atoms with van der Waals surface area (Å²) in [6.07, 6.45) is 3.16. The van der Waals surface area contributed by atoms with Crippen molar-refractivity contribution in [2.24, 2.45) is 9.98 Å².